The van der Waals surface area contributed by atoms with Gasteiger partial charge in [-0.3, -0.25) is 21.1 Å². The Morgan fingerprint density at radius 3 is 2.67 bits per heavy atom. The minimum Gasteiger partial charge on any atom is -0.419 e. The molecule has 3 rings (SSSR count). The molecule has 1 unspecified atom stereocenters. The number of aliphatic hydroxyl groups is 1. The van der Waals surface area contributed by atoms with Crippen molar-refractivity contribution in [3.05, 3.63) is 77.5 Å². The number of benzene rings is 1. The Labute approximate surface area is 194 Å². The summed E-state index contributed by atoms with van der Waals surface area (Å²) in [4.78, 5) is 11.1. The molecular formula is C24H31N7O2. The van der Waals surface area contributed by atoms with Crippen molar-refractivity contribution in [1.29, 1.82) is 10.8 Å². The number of dihydropyridines is 1. The van der Waals surface area contributed by atoms with Crippen LogP contribution in [0.4, 0.5) is 0 Å². The average molecular weight is 450 g/mol. The van der Waals surface area contributed by atoms with E-state index in [1.165, 1.54) is 0 Å². The molecule has 0 spiro atoms. The van der Waals surface area contributed by atoms with E-state index < -0.39 is 0 Å². The summed E-state index contributed by atoms with van der Waals surface area (Å²) in [5.41, 5.74) is 2.89. The van der Waals surface area contributed by atoms with Gasteiger partial charge in [0.1, 0.15) is 5.69 Å². The van der Waals surface area contributed by atoms with Gasteiger partial charge in [0.15, 0.2) is 0 Å². The molecule has 0 amide bonds. The highest BCUT2D eigenvalue weighted by Crippen LogP contribution is 2.17. The van der Waals surface area contributed by atoms with E-state index in [1.54, 1.807) is 25.3 Å². The molecule has 5 N–H and O–H groups in total. The van der Waals surface area contributed by atoms with Gasteiger partial charge >= 0.3 is 0 Å². The molecule has 174 valence electrons. The fourth-order valence-electron chi connectivity index (χ4n) is 3.32. The summed E-state index contributed by atoms with van der Waals surface area (Å²) in [7, 11) is 0. The number of aromatic nitrogens is 2. The van der Waals surface area contributed by atoms with Crippen molar-refractivity contribution in [2.75, 3.05) is 32.8 Å². The van der Waals surface area contributed by atoms with Gasteiger partial charge in [-0.15, -0.1) is 0 Å². The van der Waals surface area contributed by atoms with Gasteiger partial charge < -0.3 is 20.1 Å². The lowest BCUT2D eigenvalue weighted by atomic mass is 10.1. The first-order valence-electron chi connectivity index (χ1n) is 11.0. The molecule has 1 aliphatic rings. The third-order valence-electron chi connectivity index (χ3n) is 5.25. The molecule has 0 aliphatic carbocycles. The van der Waals surface area contributed by atoms with Crippen molar-refractivity contribution < 1.29 is 9.84 Å². The predicted octanol–water partition coefficient (Wildman–Crippen LogP) is 1.88. The van der Waals surface area contributed by atoms with E-state index in [2.05, 4.69) is 32.4 Å². The Bertz CT molecular complexity index is 1020. The third kappa shape index (κ3) is 6.79. The first-order chi connectivity index (χ1) is 16.0. The molecule has 0 saturated heterocycles. The second-order valence-corrected chi connectivity index (χ2v) is 7.53. The summed E-state index contributed by atoms with van der Waals surface area (Å²) in [5, 5.41) is 32.2. The molecule has 2 heterocycles. The lowest BCUT2D eigenvalue weighted by molar-refractivity contribution is 0.201. The molecule has 9 heteroatoms. The number of ether oxygens (including phenoxy) is 1. The zero-order chi connectivity index (χ0) is 23.6. The number of hydrogen-bond acceptors (Lipinski definition) is 9. The normalized spacial score (nSPS) is 15.2. The number of hydrogen-bond donors (Lipinski definition) is 5. The van der Waals surface area contributed by atoms with Gasteiger partial charge in [0.25, 0.3) is 0 Å². The Kier molecular flexibility index (Phi) is 8.82. The highest BCUT2D eigenvalue weighted by molar-refractivity contribution is 6.04. The maximum atomic E-state index is 9.08. The minimum atomic E-state index is -0.216. The minimum absolute atomic E-state index is 0.00700. The van der Waals surface area contributed by atoms with Crippen molar-refractivity contribution in [2.45, 2.75) is 20.0 Å². The number of aliphatic hydroxyl groups excluding tert-OH is 1. The van der Waals surface area contributed by atoms with E-state index >= 15 is 0 Å². The van der Waals surface area contributed by atoms with Crippen LogP contribution in [-0.4, -0.2) is 70.7 Å². The van der Waals surface area contributed by atoms with Gasteiger partial charge in [0.05, 0.1) is 30.4 Å². The van der Waals surface area contributed by atoms with E-state index in [4.69, 9.17) is 20.7 Å². The molecule has 0 bridgehead atoms. The Morgan fingerprint density at radius 2 is 2.00 bits per heavy atom. The molecule has 0 saturated carbocycles. The van der Waals surface area contributed by atoms with E-state index in [9.17, 15) is 0 Å². The van der Waals surface area contributed by atoms with Gasteiger partial charge in [-0.2, -0.15) is 0 Å². The smallest absolute Gasteiger partial charge is 0.241 e. The van der Waals surface area contributed by atoms with Crippen LogP contribution in [0.25, 0.3) is 5.57 Å². The molecular weight excluding hydrogens is 418 g/mol. The summed E-state index contributed by atoms with van der Waals surface area (Å²) in [6, 6.07) is 9.00. The van der Waals surface area contributed by atoms with Crippen molar-refractivity contribution in [3.8, 4) is 0 Å². The van der Waals surface area contributed by atoms with Crippen molar-refractivity contribution in [1.82, 2.24) is 25.5 Å². The fourth-order valence-corrected chi connectivity index (χ4v) is 3.32. The molecule has 1 aliphatic heterocycles. The van der Waals surface area contributed by atoms with Crippen molar-refractivity contribution >= 4 is 17.4 Å². The van der Waals surface area contributed by atoms with Crippen LogP contribution in [0.15, 0.2) is 54.9 Å². The number of allylic oxidation sites excluding steroid dienone is 2. The first kappa shape index (κ1) is 24.2. The molecule has 0 radical (unpaired) electrons. The van der Waals surface area contributed by atoms with Gasteiger partial charge in [0, 0.05) is 37.0 Å². The van der Waals surface area contributed by atoms with Crippen LogP contribution in [0.5, 0.6) is 0 Å². The Balaban J connectivity index is 1.60. The van der Waals surface area contributed by atoms with Gasteiger partial charge in [-0.05, 0) is 31.7 Å². The summed E-state index contributed by atoms with van der Waals surface area (Å²) < 4.78 is 5.43. The van der Waals surface area contributed by atoms with Crippen LogP contribution < -0.4 is 10.6 Å². The van der Waals surface area contributed by atoms with Crippen LogP contribution in [-0.2, 0) is 4.74 Å². The molecule has 0 fully saturated rings. The molecule has 2 aromatic rings. The number of rotatable bonds is 10. The second kappa shape index (κ2) is 12.0. The Morgan fingerprint density at radius 1 is 1.21 bits per heavy atom. The van der Waals surface area contributed by atoms with Crippen LogP contribution in [0, 0.1) is 17.7 Å². The standard InChI is InChI=1S/C24H31N7O2/c1-3-31(13-14-32)12-11-27-21-10-9-19(15-29-21)20-16-28-17(2)22(30-20)24(26)33-23(25)18-7-5-4-6-8-18/h4-10,15-16,21,25-27,29,32H,3,11-14H2,1-2H3. The van der Waals surface area contributed by atoms with Crippen LogP contribution >= 0.6 is 0 Å². The maximum absolute atomic E-state index is 9.08. The third-order valence-corrected chi connectivity index (χ3v) is 5.25. The SMILES string of the molecule is CCN(CCO)CCNC1C=CC(c2cnc(C)c(C(=N)OC(=N)c3ccccc3)n2)=CN1. The summed E-state index contributed by atoms with van der Waals surface area (Å²) in [6.45, 7) is 7.22. The van der Waals surface area contributed by atoms with Gasteiger partial charge in [-0.25, -0.2) is 4.98 Å². The second-order valence-electron chi connectivity index (χ2n) is 7.53. The van der Waals surface area contributed by atoms with Gasteiger partial charge in [-0.1, -0.05) is 31.2 Å². The zero-order valence-corrected chi connectivity index (χ0v) is 19.0. The molecule has 1 aromatic heterocycles. The largest absolute Gasteiger partial charge is 0.419 e. The average Bonchev–Trinajstić information content (AvgIpc) is 2.84. The van der Waals surface area contributed by atoms with Crippen LogP contribution in [0.2, 0.25) is 0 Å². The van der Waals surface area contributed by atoms with E-state index in [0.717, 1.165) is 25.2 Å². The maximum Gasteiger partial charge on any atom is 0.241 e. The predicted molar refractivity (Wildman–Crippen MR) is 129 cm³/mol. The van der Waals surface area contributed by atoms with Gasteiger partial charge in [0.2, 0.25) is 11.8 Å². The number of likely N-dealkylation sites (N-methyl/N-ethyl adjacent to an activating group) is 1. The highest BCUT2D eigenvalue weighted by atomic mass is 16.5. The van der Waals surface area contributed by atoms with Crippen molar-refractivity contribution in [2.24, 2.45) is 0 Å². The number of aryl methyl sites for hydroxylation is 1. The fraction of sp³-hybridized carbons (Fsp3) is 0.333. The summed E-state index contributed by atoms with van der Waals surface area (Å²) in [5.74, 6) is -0.327. The molecule has 1 aromatic carbocycles. The Hall–Kier alpha value is -3.40. The van der Waals surface area contributed by atoms with E-state index in [-0.39, 0.29) is 24.6 Å². The van der Waals surface area contributed by atoms with E-state index in [1.807, 2.05) is 36.6 Å². The quantitative estimate of drug-likeness (QED) is 0.277. The monoisotopic (exact) mass is 449 g/mol. The van der Waals surface area contributed by atoms with Crippen LogP contribution in [0.1, 0.15) is 29.6 Å². The van der Waals surface area contributed by atoms with Crippen LogP contribution in [0.3, 0.4) is 0 Å². The highest BCUT2D eigenvalue weighted by Gasteiger charge is 2.17. The number of nitrogens with one attached hydrogen (secondary N) is 4. The topological polar surface area (TPSA) is 130 Å². The lowest BCUT2D eigenvalue weighted by Crippen LogP contribution is -2.43. The summed E-state index contributed by atoms with van der Waals surface area (Å²) in [6.07, 6.45) is 7.48. The number of nitrogens with zero attached hydrogens (tertiary/aromatic N) is 3. The zero-order valence-electron chi connectivity index (χ0n) is 19.0. The first-order valence-corrected chi connectivity index (χ1v) is 11.0. The lowest BCUT2D eigenvalue weighted by Gasteiger charge is -2.23. The molecule has 9 nitrogen and oxygen atoms in total. The van der Waals surface area contributed by atoms with Crippen molar-refractivity contribution in [3.63, 3.8) is 0 Å². The summed E-state index contributed by atoms with van der Waals surface area (Å²) >= 11 is 0. The molecule has 33 heavy (non-hydrogen) atoms. The molecule has 1 atom stereocenters. The van der Waals surface area contributed by atoms with E-state index in [0.29, 0.717) is 29.2 Å².